The molecular formula is C15H13IN2O2S. The minimum atomic E-state index is -3.62. The summed E-state index contributed by atoms with van der Waals surface area (Å²) in [6, 6.07) is 13.7. The van der Waals surface area contributed by atoms with Gasteiger partial charge in [0.1, 0.15) is 0 Å². The van der Waals surface area contributed by atoms with Crippen molar-refractivity contribution in [2.45, 2.75) is 11.8 Å². The molecule has 0 aliphatic heterocycles. The summed E-state index contributed by atoms with van der Waals surface area (Å²) in [6.07, 6.45) is 0. The third-order valence-electron chi connectivity index (χ3n) is 3.38. The topological polar surface area (TPSA) is 65.1 Å². The van der Waals surface area contributed by atoms with Gasteiger partial charge in [-0.3, -0.25) is 0 Å². The lowest BCUT2D eigenvalue weighted by Gasteiger charge is -2.10. The van der Waals surface area contributed by atoms with Crippen molar-refractivity contribution in [3.63, 3.8) is 0 Å². The summed E-state index contributed by atoms with van der Waals surface area (Å²) >= 11 is 2.16. The maximum absolute atomic E-state index is 12.9. The van der Waals surface area contributed by atoms with Crippen LogP contribution in [0, 0.1) is 10.5 Å². The highest BCUT2D eigenvalue weighted by atomic mass is 127. The third-order valence-corrected chi connectivity index (χ3v) is 6.56. The molecule has 0 saturated heterocycles. The van der Waals surface area contributed by atoms with Crippen molar-refractivity contribution in [3.8, 4) is 0 Å². The number of nitrogen functional groups attached to an aromatic ring is 1. The summed E-state index contributed by atoms with van der Waals surface area (Å²) in [7, 11) is -3.62. The van der Waals surface area contributed by atoms with Crippen LogP contribution < -0.4 is 5.73 Å². The average Bonchev–Trinajstić information content (AvgIpc) is 2.72. The average molecular weight is 412 g/mol. The Kier molecular flexibility index (Phi) is 3.45. The minimum absolute atomic E-state index is 0.276. The number of benzene rings is 2. The van der Waals surface area contributed by atoms with Gasteiger partial charge in [0.15, 0.2) is 0 Å². The van der Waals surface area contributed by atoms with Crippen LogP contribution in [0.1, 0.15) is 5.69 Å². The number of nitrogens with zero attached hydrogens (tertiary/aromatic N) is 1. The molecule has 1 heterocycles. The fourth-order valence-corrected chi connectivity index (χ4v) is 4.80. The van der Waals surface area contributed by atoms with Crippen LogP contribution in [0.25, 0.3) is 10.9 Å². The van der Waals surface area contributed by atoms with E-state index in [9.17, 15) is 8.42 Å². The van der Waals surface area contributed by atoms with E-state index in [0.29, 0.717) is 16.9 Å². The predicted molar refractivity (Wildman–Crippen MR) is 92.8 cm³/mol. The lowest BCUT2D eigenvalue weighted by atomic mass is 10.2. The molecule has 0 aliphatic carbocycles. The Morgan fingerprint density at radius 1 is 1.10 bits per heavy atom. The first kappa shape index (κ1) is 14.4. The molecule has 1 aromatic heterocycles. The summed E-state index contributed by atoms with van der Waals surface area (Å²) < 4.78 is 28.1. The van der Waals surface area contributed by atoms with Gasteiger partial charge in [-0.25, -0.2) is 12.4 Å². The number of halogens is 1. The fourth-order valence-electron chi connectivity index (χ4n) is 2.38. The van der Waals surface area contributed by atoms with E-state index in [2.05, 4.69) is 22.6 Å². The predicted octanol–water partition coefficient (Wildman–Crippen LogP) is 3.37. The lowest BCUT2D eigenvalue weighted by Crippen LogP contribution is -2.14. The molecule has 21 heavy (non-hydrogen) atoms. The van der Waals surface area contributed by atoms with Gasteiger partial charge in [-0.05, 0) is 59.8 Å². The first-order chi connectivity index (χ1) is 9.93. The van der Waals surface area contributed by atoms with Gasteiger partial charge in [0.25, 0.3) is 10.0 Å². The zero-order valence-electron chi connectivity index (χ0n) is 11.2. The summed E-state index contributed by atoms with van der Waals surface area (Å²) in [4.78, 5) is 0.276. The Balaban J connectivity index is 2.39. The van der Waals surface area contributed by atoms with Crippen LogP contribution in [0.2, 0.25) is 0 Å². The molecule has 3 aromatic rings. The maximum Gasteiger partial charge on any atom is 0.268 e. The van der Waals surface area contributed by atoms with E-state index in [1.807, 2.05) is 0 Å². The molecule has 0 fully saturated rings. The number of fused-ring (bicyclic) bond motifs is 1. The number of anilines is 1. The maximum atomic E-state index is 12.9. The number of hydrogen-bond acceptors (Lipinski definition) is 3. The van der Waals surface area contributed by atoms with E-state index in [1.54, 1.807) is 55.5 Å². The zero-order valence-corrected chi connectivity index (χ0v) is 14.2. The highest BCUT2D eigenvalue weighted by molar-refractivity contribution is 14.1. The molecular weight excluding hydrogens is 399 g/mol. The van der Waals surface area contributed by atoms with E-state index in [4.69, 9.17) is 5.73 Å². The van der Waals surface area contributed by atoms with Crippen LogP contribution in [0.15, 0.2) is 53.4 Å². The van der Waals surface area contributed by atoms with E-state index in [-0.39, 0.29) is 4.90 Å². The van der Waals surface area contributed by atoms with E-state index < -0.39 is 10.0 Å². The van der Waals surface area contributed by atoms with Gasteiger partial charge >= 0.3 is 0 Å². The van der Waals surface area contributed by atoms with E-state index in [1.165, 1.54) is 3.97 Å². The smallest absolute Gasteiger partial charge is 0.268 e. The van der Waals surface area contributed by atoms with Crippen LogP contribution in [-0.2, 0) is 10.0 Å². The van der Waals surface area contributed by atoms with Crippen molar-refractivity contribution < 1.29 is 8.42 Å². The van der Waals surface area contributed by atoms with Gasteiger partial charge in [0.05, 0.1) is 10.4 Å². The van der Waals surface area contributed by atoms with Crippen LogP contribution in [0.4, 0.5) is 5.69 Å². The van der Waals surface area contributed by atoms with Crippen LogP contribution in [0.5, 0.6) is 0 Å². The molecule has 0 amide bonds. The second-order valence-electron chi connectivity index (χ2n) is 4.76. The standard InChI is InChI=1S/C15H13IN2O2S/c1-10-15(16)13-9-11(17)7-8-14(13)18(10)21(19,20)12-5-3-2-4-6-12/h2-9H,17H2,1H3. The van der Waals surface area contributed by atoms with Gasteiger partial charge in [-0.2, -0.15) is 0 Å². The first-order valence-electron chi connectivity index (χ1n) is 6.29. The SMILES string of the molecule is Cc1c(I)c2cc(N)ccc2n1S(=O)(=O)c1ccccc1. The number of aromatic nitrogens is 1. The quantitative estimate of drug-likeness (QED) is 0.519. The molecule has 2 N–H and O–H groups in total. The number of rotatable bonds is 2. The molecule has 3 rings (SSSR count). The van der Waals surface area contributed by atoms with Gasteiger partial charge in [0.2, 0.25) is 0 Å². The number of nitrogens with two attached hydrogens (primary N) is 1. The molecule has 2 aromatic carbocycles. The van der Waals surface area contributed by atoms with Gasteiger partial charge < -0.3 is 5.73 Å². The summed E-state index contributed by atoms with van der Waals surface area (Å²) in [5, 5.41) is 0.854. The monoisotopic (exact) mass is 412 g/mol. The van der Waals surface area contributed by atoms with Crippen molar-refractivity contribution in [3.05, 3.63) is 57.8 Å². The Morgan fingerprint density at radius 3 is 2.43 bits per heavy atom. The first-order valence-corrected chi connectivity index (χ1v) is 8.81. The Bertz CT molecular complexity index is 931. The van der Waals surface area contributed by atoms with E-state index in [0.717, 1.165) is 8.96 Å². The van der Waals surface area contributed by atoms with Crippen LogP contribution in [0.3, 0.4) is 0 Å². The molecule has 0 saturated carbocycles. The molecule has 0 spiro atoms. The van der Waals surface area contributed by atoms with Crippen molar-refractivity contribution in [1.29, 1.82) is 0 Å². The fraction of sp³-hybridized carbons (Fsp3) is 0.0667. The Morgan fingerprint density at radius 2 is 1.76 bits per heavy atom. The van der Waals surface area contributed by atoms with Gasteiger partial charge in [-0.1, -0.05) is 18.2 Å². The zero-order chi connectivity index (χ0) is 15.2. The van der Waals surface area contributed by atoms with Crippen molar-refractivity contribution in [2.24, 2.45) is 0 Å². The number of hydrogen-bond donors (Lipinski definition) is 1. The van der Waals surface area contributed by atoms with Crippen molar-refractivity contribution in [1.82, 2.24) is 3.97 Å². The molecule has 0 bridgehead atoms. The molecule has 108 valence electrons. The lowest BCUT2D eigenvalue weighted by molar-refractivity contribution is 0.588. The van der Waals surface area contributed by atoms with Gasteiger partial charge in [0, 0.05) is 20.3 Å². The van der Waals surface area contributed by atoms with Crippen LogP contribution in [-0.4, -0.2) is 12.4 Å². The van der Waals surface area contributed by atoms with E-state index >= 15 is 0 Å². The van der Waals surface area contributed by atoms with Crippen LogP contribution >= 0.6 is 22.6 Å². The van der Waals surface area contributed by atoms with Crippen molar-refractivity contribution >= 4 is 49.2 Å². The summed E-state index contributed by atoms with van der Waals surface area (Å²) in [6.45, 7) is 1.80. The summed E-state index contributed by atoms with van der Waals surface area (Å²) in [5.41, 5.74) is 7.77. The minimum Gasteiger partial charge on any atom is -0.399 e. The molecule has 0 radical (unpaired) electrons. The largest absolute Gasteiger partial charge is 0.399 e. The molecule has 0 unspecified atom stereocenters. The Labute approximate surface area is 136 Å². The Hall–Kier alpha value is -1.54. The molecule has 6 heteroatoms. The summed E-state index contributed by atoms with van der Waals surface area (Å²) in [5.74, 6) is 0. The second kappa shape index (κ2) is 5.03. The second-order valence-corrected chi connectivity index (χ2v) is 7.62. The van der Waals surface area contributed by atoms with Gasteiger partial charge in [-0.15, -0.1) is 0 Å². The molecule has 0 aliphatic rings. The molecule has 4 nitrogen and oxygen atoms in total. The normalized spacial score (nSPS) is 11.9. The highest BCUT2D eigenvalue weighted by Crippen LogP contribution is 2.32. The third kappa shape index (κ3) is 2.22. The molecule has 0 atom stereocenters. The van der Waals surface area contributed by atoms with Crippen molar-refractivity contribution in [2.75, 3.05) is 5.73 Å². The highest BCUT2D eigenvalue weighted by Gasteiger charge is 2.23.